The zero-order valence-electron chi connectivity index (χ0n) is 24.5. The lowest BCUT2D eigenvalue weighted by Crippen LogP contribution is -2.35. The number of rotatable bonds is 9. The third-order valence-electron chi connectivity index (χ3n) is 5.95. The molecule has 0 bridgehead atoms. The van der Waals surface area contributed by atoms with Gasteiger partial charge in [-0.25, -0.2) is 4.39 Å². The fraction of sp³-hybridized carbons (Fsp3) is 0.219. The third kappa shape index (κ3) is 8.71. The second kappa shape index (κ2) is 13.9. The molecule has 0 aliphatic heterocycles. The molecule has 2 amide bonds. The van der Waals surface area contributed by atoms with Crippen molar-refractivity contribution < 1.29 is 33.0 Å². The van der Waals surface area contributed by atoms with Gasteiger partial charge in [0.25, 0.3) is 5.91 Å². The molecule has 1 heterocycles. The van der Waals surface area contributed by atoms with Gasteiger partial charge < -0.3 is 30.2 Å². The van der Waals surface area contributed by atoms with E-state index in [-0.39, 0.29) is 46.8 Å². The molecule has 1 aromatic heterocycles. The van der Waals surface area contributed by atoms with Gasteiger partial charge in [0.05, 0.1) is 24.6 Å². The minimum absolute atomic E-state index is 0.0190. The molecule has 44 heavy (non-hydrogen) atoms. The van der Waals surface area contributed by atoms with Crippen LogP contribution in [0.5, 0.6) is 17.2 Å². The predicted molar refractivity (Wildman–Crippen MR) is 167 cm³/mol. The largest absolute Gasteiger partial charge is 0.496 e. The van der Waals surface area contributed by atoms with Crippen LogP contribution in [0.15, 0.2) is 72.9 Å². The molecule has 0 unspecified atom stereocenters. The molecule has 0 aliphatic carbocycles. The van der Waals surface area contributed by atoms with Gasteiger partial charge in [-0.05, 0) is 62.8 Å². The zero-order valence-corrected chi connectivity index (χ0v) is 25.3. The highest BCUT2D eigenvalue weighted by atomic mass is 32.1. The Morgan fingerprint density at radius 1 is 0.955 bits per heavy atom. The van der Waals surface area contributed by atoms with Gasteiger partial charge in [0.15, 0.2) is 16.7 Å². The monoisotopic (exact) mass is 618 g/mol. The summed E-state index contributed by atoms with van der Waals surface area (Å²) in [6, 6.07) is 17.9. The average molecular weight is 619 g/mol. The Balaban J connectivity index is 1.47. The summed E-state index contributed by atoms with van der Waals surface area (Å²) in [5, 5.41) is 8.31. The number of esters is 1. The lowest BCUT2D eigenvalue weighted by Gasteiger charge is -2.19. The van der Waals surface area contributed by atoms with Crippen molar-refractivity contribution >= 4 is 51.7 Å². The number of nitrogens with one attached hydrogen (secondary N) is 3. The summed E-state index contributed by atoms with van der Waals surface area (Å²) in [5.74, 6) is -1.86. The van der Waals surface area contributed by atoms with Gasteiger partial charge in [-0.15, -0.1) is 0 Å². The molecule has 3 aromatic carbocycles. The van der Waals surface area contributed by atoms with Crippen molar-refractivity contribution in [3.8, 4) is 17.2 Å². The summed E-state index contributed by atoms with van der Waals surface area (Å²) in [5.41, 5.74) is 0.973. The van der Waals surface area contributed by atoms with Crippen LogP contribution in [0.25, 0.3) is 10.9 Å². The van der Waals surface area contributed by atoms with E-state index in [0.29, 0.717) is 16.6 Å². The Morgan fingerprint density at radius 2 is 1.70 bits per heavy atom. The first-order valence-electron chi connectivity index (χ1n) is 13.5. The number of thiocarbonyl (C=S) groups is 1. The first-order chi connectivity index (χ1) is 20.9. The van der Waals surface area contributed by atoms with Crippen LogP contribution in [0.1, 0.15) is 36.7 Å². The fourth-order valence-corrected chi connectivity index (χ4v) is 4.33. The Hall–Kier alpha value is -5.10. The summed E-state index contributed by atoms with van der Waals surface area (Å²) in [7, 11) is 1.40. The van der Waals surface area contributed by atoms with Gasteiger partial charge in [0.2, 0.25) is 5.91 Å². The van der Waals surface area contributed by atoms with Gasteiger partial charge in [0, 0.05) is 29.4 Å². The molecule has 0 fully saturated rings. The summed E-state index contributed by atoms with van der Waals surface area (Å²) in [6.45, 7) is 4.83. The Morgan fingerprint density at radius 3 is 2.39 bits per heavy atom. The van der Waals surface area contributed by atoms with Gasteiger partial charge in [-0.2, -0.15) is 0 Å². The summed E-state index contributed by atoms with van der Waals surface area (Å²) in [4.78, 5) is 41.6. The van der Waals surface area contributed by atoms with E-state index < -0.39 is 23.3 Å². The maximum Gasteiger partial charge on any atom is 0.325 e. The van der Waals surface area contributed by atoms with Crippen molar-refractivity contribution in [1.29, 1.82) is 0 Å². The zero-order chi connectivity index (χ0) is 31.9. The Kier molecular flexibility index (Phi) is 10.1. The highest BCUT2D eigenvalue weighted by Gasteiger charge is 2.20. The molecule has 4 rings (SSSR count). The first kappa shape index (κ1) is 31.8. The fourth-order valence-electron chi connectivity index (χ4n) is 4.10. The number of carbonyl (C=O) groups is 3. The second-order valence-corrected chi connectivity index (χ2v) is 11.0. The van der Waals surface area contributed by atoms with Crippen LogP contribution in [0.4, 0.5) is 10.1 Å². The van der Waals surface area contributed by atoms with Crippen LogP contribution < -0.4 is 25.4 Å². The maximum absolute atomic E-state index is 15.1. The van der Waals surface area contributed by atoms with E-state index in [4.69, 9.17) is 26.4 Å². The molecule has 228 valence electrons. The number of aromatic nitrogens is 1. The average Bonchev–Trinajstić information content (AvgIpc) is 2.96. The topological polar surface area (TPSA) is 128 Å². The summed E-state index contributed by atoms with van der Waals surface area (Å²) in [6.07, 6.45) is 1.62. The first-order valence-corrected chi connectivity index (χ1v) is 13.9. The molecule has 10 nitrogen and oxygen atoms in total. The number of nitrogens with zero attached hydrogens (tertiary/aromatic N) is 1. The van der Waals surface area contributed by atoms with E-state index in [1.165, 1.54) is 43.6 Å². The van der Waals surface area contributed by atoms with Crippen molar-refractivity contribution in [1.82, 2.24) is 15.6 Å². The second-order valence-electron chi connectivity index (χ2n) is 10.6. The number of anilines is 1. The molecule has 0 saturated heterocycles. The number of fused-ring (bicyclic) bond motifs is 1. The SMILES string of the molecule is COc1cc2nccc(Oc3ccc(NC(=S)NC(=O)Cc4ccccc4)cc3F)c2cc1C(=O)NCC(=O)OC(C)(C)C. The minimum atomic E-state index is -0.706. The van der Waals surface area contributed by atoms with Crippen LogP contribution >= 0.6 is 12.2 Å². The van der Waals surface area contributed by atoms with Crippen molar-refractivity contribution in [2.24, 2.45) is 0 Å². The van der Waals surface area contributed by atoms with E-state index in [1.54, 1.807) is 26.8 Å². The molecule has 0 atom stereocenters. The highest BCUT2D eigenvalue weighted by molar-refractivity contribution is 7.80. The van der Waals surface area contributed by atoms with E-state index in [9.17, 15) is 14.4 Å². The van der Waals surface area contributed by atoms with E-state index >= 15 is 4.39 Å². The number of ether oxygens (including phenoxy) is 3. The molecule has 12 heteroatoms. The molecule has 4 aromatic rings. The summed E-state index contributed by atoms with van der Waals surface area (Å²) >= 11 is 5.20. The molecular weight excluding hydrogens is 587 g/mol. The van der Waals surface area contributed by atoms with Crippen LogP contribution in [0, 0.1) is 5.82 Å². The van der Waals surface area contributed by atoms with E-state index in [1.807, 2.05) is 30.3 Å². The van der Waals surface area contributed by atoms with Gasteiger partial charge in [-0.3, -0.25) is 19.4 Å². The Bertz CT molecular complexity index is 1710. The molecule has 0 aliphatic rings. The van der Waals surface area contributed by atoms with Crippen molar-refractivity contribution in [2.75, 3.05) is 19.0 Å². The number of amides is 2. The number of halogens is 1. The number of methoxy groups -OCH3 is 1. The van der Waals surface area contributed by atoms with Crippen LogP contribution in [0.2, 0.25) is 0 Å². The molecule has 3 N–H and O–H groups in total. The predicted octanol–water partition coefficient (Wildman–Crippen LogP) is 5.30. The van der Waals surface area contributed by atoms with E-state index in [2.05, 4.69) is 20.9 Å². The smallest absolute Gasteiger partial charge is 0.325 e. The number of benzene rings is 3. The normalized spacial score (nSPS) is 10.9. The summed E-state index contributed by atoms with van der Waals surface area (Å²) < 4.78 is 31.6. The highest BCUT2D eigenvalue weighted by Crippen LogP contribution is 2.34. The number of hydrogen-bond acceptors (Lipinski definition) is 8. The standard InChI is InChI=1S/C32H31FN4O6S/c1-32(2,3)43-29(39)18-35-30(40)22-16-21-24(17-27(22)41-4)34-13-12-25(21)42-26-11-10-20(15-23(26)33)36-31(44)37-28(38)14-19-8-6-5-7-9-19/h5-13,15-17H,14,18H2,1-4H3,(H,35,40)(H2,36,37,38,44). The van der Waals surface area contributed by atoms with E-state index in [0.717, 1.165) is 5.56 Å². The van der Waals surface area contributed by atoms with Crippen LogP contribution in [0.3, 0.4) is 0 Å². The molecule has 0 saturated carbocycles. The van der Waals surface area contributed by atoms with Crippen molar-refractivity contribution in [3.63, 3.8) is 0 Å². The lowest BCUT2D eigenvalue weighted by atomic mass is 10.1. The molecule has 0 radical (unpaired) electrons. The third-order valence-corrected chi connectivity index (χ3v) is 6.15. The van der Waals surface area contributed by atoms with Gasteiger partial charge in [-0.1, -0.05) is 30.3 Å². The van der Waals surface area contributed by atoms with Crippen molar-refractivity contribution in [2.45, 2.75) is 32.8 Å². The lowest BCUT2D eigenvalue weighted by molar-refractivity contribution is -0.153. The van der Waals surface area contributed by atoms with Crippen molar-refractivity contribution in [3.05, 3.63) is 89.9 Å². The molecule has 0 spiro atoms. The Labute approximate surface area is 258 Å². The van der Waals surface area contributed by atoms with Gasteiger partial charge in [0.1, 0.15) is 23.6 Å². The minimum Gasteiger partial charge on any atom is -0.496 e. The van der Waals surface area contributed by atoms with Gasteiger partial charge >= 0.3 is 5.97 Å². The quantitative estimate of drug-likeness (QED) is 0.169. The number of carbonyl (C=O) groups excluding carboxylic acids is 3. The van der Waals surface area contributed by atoms with Crippen LogP contribution in [-0.4, -0.2) is 47.1 Å². The van der Waals surface area contributed by atoms with Crippen LogP contribution in [-0.2, 0) is 20.7 Å². The number of pyridine rings is 1. The maximum atomic E-state index is 15.1. The number of hydrogen-bond donors (Lipinski definition) is 3. The molecular formula is C32H31FN4O6S.